The number of amides is 2. The highest BCUT2D eigenvalue weighted by molar-refractivity contribution is 7.98. The van der Waals surface area contributed by atoms with Crippen LogP contribution in [-0.4, -0.2) is 58.1 Å². The number of carbonyl (C=O) groups excluding carboxylic acids is 2. The van der Waals surface area contributed by atoms with Gasteiger partial charge in [-0.2, -0.15) is 11.8 Å². The lowest BCUT2D eigenvalue weighted by Crippen LogP contribution is -2.55. The quantitative estimate of drug-likeness (QED) is 0.361. The zero-order valence-corrected chi connectivity index (χ0v) is 17.2. The van der Waals surface area contributed by atoms with E-state index in [9.17, 15) is 24.6 Å². The molecule has 6 N–H and O–H groups in total. The highest BCUT2D eigenvalue weighted by atomic mass is 32.2. The zero-order valence-electron chi connectivity index (χ0n) is 16.3. The molecule has 0 aromatic heterocycles. The predicted octanol–water partition coefficient (Wildman–Crippen LogP) is 0.725. The summed E-state index contributed by atoms with van der Waals surface area (Å²) < 4.78 is 0. The molecule has 0 aliphatic heterocycles. The highest BCUT2D eigenvalue weighted by Crippen LogP contribution is 2.12. The molecule has 0 saturated heterocycles. The molecule has 1 aromatic rings. The Morgan fingerprint density at radius 1 is 1.07 bits per heavy atom. The number of phenolic OH excluding ortho intramolecular Hbond substituents is 1. The number of carboxylic acid groups (broad SMARTS) is 1. The average Bonchev–Trinajstić information content (AvgIpc) is 2.64. The van der Waals surface area contributed by atoms with Gasteiger partial charge in [0.25, 0.3) is 0 Å². The first-order chi connectivity index (χ1) is 13.1. The maximum atomic E-state index is 12.7. The SMILES string of the molecule is CSCC[C@H](NC(=O)[C@@H](N)C(C)C)C(=O)N[C@@H](Cc1ccc(O)cc1)C(=O)O. The number of carboxylic acids is 1. The minimum absolute atomic E-state index is 0.0516. The van der Waals surface area contributed by atoms with Crippen LogP contribution in [0.1, 0.15) is 25.8 Å². The Kier molecular flexibility index (Phi) is 9.81. The molecule has 28 heavy (non-hydrogen) atoms. The van der Waals surface area contributed by atoms with Crippen molar-refractivity contribution in [3.05, 3.63) is 29.8 Å². The fraction of sp³-hybridized carbons (Fsp3) is 0.526. The maximum Gasteiger partial charge on any atom is 0.326 e. The van der Waals surface area contributed by atoms with Gasteiger partial charge in [-0.25, -0.2) is 4.79 Å². The van der Waals surface area contributed by atoms with Crippen molar-refractivity contribution < 1.29 is 24.6 Å². The first-order valence-corrected chi connectivity index (χ1v) is 10.4. The van der Waals surface area contributed by atoms with Crippen LogP contribution in [0.4, 0.5) is 0 Å². The fourth-order valence-electron chi connectivity index (χ4n) is 2.42. The number of rotatable bonds is 11. The highest BCUT2D eigenvalue weighted by Gasteiger charge is 2.28. The normalized spacial score (nSPS) is 14.2. The minimum atomic E-state index is -1.18. The number of hydrogen-bond acceptors (Lipinski definition) is 6. The van der Waals surface area contributed by atoms with Crippen molar-refractivity contribution in [1.82, 2.24) is 10.6 Å². The van der Waals surface area contributed by atoms with E-state index in [2.05, 4.69) is 10.6 Å². The van der Waals surface area contributed by atoms with Crippen molar-refractivity contribution in [3.63, 3.8) is 0 Å². The van der Waals surface area contributed by atoms with Crippen LogP contribution < -0.4 is 16.4 Å². The number of nitrogens with two attached hydrogens (primary N) is 1. The van der Waals surface area contributed by atoms with E-state index in [0.29, 0.717) is 17.7 Å². The van der Waals surface area contributed by atoms with Crippen LogP contribution in [-0.2, 0) is 20.8 Å². The Hall–Kier alpha value is -2.26. The van der Waals surface area contributed by atoms with Crippen LogP contribution in [0.15, 0.2) is 24.3 Å². The summed E-state index contributed by atoms with van der Waals surface area (Å²) in [5.41, 5.74) is 6.49. The topological polar surface area (TPSA) is 142 Å². The molecule has 0 unspecified atom stereocenters. The third-order valence-electron chi connectivity index (χ3n) is 4.26. The largest absolute Gasteiger partial charge is 0.508 e. The Morgan fingerprint density at radius 2 is 1.64 bits per heavy atom. The zero-order chi connectivity index (χ0) is 21.3. The van der Waals surface area contributed by atoms with E-state index in [1.807, 2.05) is 6.26 Å². The molecular formula is C19H29N3O5S. The summed E-state index contributed by atoms with van der Waals surface area (Å²) in [6.07, 6.45) is 2.28. The number of hydrogen-bond donors (Lipinski definition) is 5. The van der Waals surface area contributed by atoms with Gasteiger partial charge in [0.1, 0.15) is 17.8 Å². The lowest BCUT2D eigenvalue weighted by Gasteiger charge is -2.24. The van der Waals surface area contributed by atoms with Crippen molar-refractivity contribution in [2.45, 2.75) is 44.8 Å². The standard InChI is InChI=1S/C19H29N3O5S/c1-11(2)16(20)18(25)21-14(8-9-28-3)17(24)22-15(19(26)27)10-12-4-6-13(23)7-5-12/h4-7,11,14-16,23H,8-10,20H2,1-3H3,(H,21,25)(H,22,24)(H,26,27)/t14-,15-,16-/m0/s1. The van der Waals surface area contributed by atoms with Crippen LogP contribution in [0.2, 0.25) is 0 Å². The van der Waals surface area contributed by atoms with E-state index < -0.39 is 35.9 Å². The van der Waals surface area contributed by atoms with Gasteiger partial charge < -0.3 is 26.6 Å². The molecule has 0 radical (unpaired) electrons. The molecular weight excluding hydrogens is 382 g/mol. The van der Waals surface area contributed by atoms with Gasteiger partial charge in [-0.1, -0.05) is 26.0 Å². The minimum Gasteiger partial charge on any atom is -0.508 e. The van der Waals surface area contributed by atoms with Crippen LogP contribution >= 0.6 is 11.8 Å². The van der Waals surface area contributed by atoms with Crippen molar-refractivity contribution in [2.24, 2.45) is 11.7 Å². The number of aromatic hydroxyl groups is 1. The van der Waals surface area contributed by atoms with Crippen LogP contribution in [0, 0.1) is 5.92 Å². The lowest BCUT2D eigenvalue weighted by molar-refractivity contribution is -0.142. The third-order valence-corrected chi connectivity index (χ3v) is 4.90. The van der Waals surface area contributed by atoms with E-state index in [4.69, 9.17) is 5.73 Å². The fourth-order valence-corrected chi connectivity index (χ4v) is 2.89. The number of aliphatic carboxylic acids is 1. The number of carbonyl (C=O) groups is 3. The second-order valence-corrected chi connectivity index (χ2v) is 7.87. The molecule has 8 nitrogen and oxygen atoms in total. The Bertz CT molecular complexity index is 666. The average molecular weight is 412 g/mol. The predicted molar refractivity (Wildman–Crippen MR) is 109 cm³/mol. The second-order valence-electron chi connectivity index (χ2n) is 6.88. The molecule has 0 spiro atoms. The monoisotopic (exact) mass is 411 g/mol. The van der Waals surface area contributed by atoms with Crippen molar-refractivity contribution in [2.75, 3.05) is 12.0 Å². The van der Waals surface area contributed by atoms with Gasteiger partial charge >= 0.3 is 5.97 Å². The Morgan fingerprint density at radius 3 is 2.14 bits per heavy atom. The van der Waals surface area contributed by atoms with Gasteiger partial charge in [0, 0.05) is 6.42 Å². The van der Waals surface area contributed by atoms with Crippen molar-refractivity contribution >= 4 is 29.5 Å². The molecule has 0 aliphatic carbocycles. The summed E-state index contributed by atoms with van der Waals surface area (Å²) in [5, 5.41) is 23.9. The first-order valence-electron chi connectivity index (χ1n) is 9.01. The Labute approximate surface area is 169 Å². The molecule has 1 rings (SSSR count). The Balaban J connectivity index is 2.84. The van der Waals surface area contributed by atoms with Gasteiger partial charge in [0.05, 0.1) is 6.04 Å². The van der Waals surface area contributed by atoms with E-state index in [0.717, 1.165) is 0 Å². The van der Waals surface area contributed by atoms with Gasteiger partial charge in [0.15, 0.2) is 0 Å². The number of nitrogens with one attached hydrogen (secondary N) is 2. The van der Waals surface area contributed by atoms with E-state index in [1.165, 1.54) is 23.9 Å². The molecule has 9 heteroatoms. The molecule has 0 bridgehead atoms. The van der Waals surface area contributed by atoms with Crippen LogP contribution in [0.5, 0.6) is 5.75 Å². The summed E-state index contributed by atoms with van der Waals surface area (Å²) in [6.45, 7) is 3.61. The molecule has 0 saturated carbocycles. The summed E-state index contributed by atoms with van der Waals surface area (Å²) >= 11 is 1.52. The molecule has 1 aromatic carbocycles. The molecule has 0 heterocycles. The van der Waals surface area contributed by atoms with E-state index in [1.54, 1.807) is 26.0 Å². The molecule has 3 atom stereocenters. The van der Waals surface area contributed by atoms with Crippen LogP contribution in [0.25, 0.3) is 0 Å². The number of thioether (sulfide) groups is 1. The van der Waals surface area contributed by atoms with Crippen LogP contribution in [0.3, 0.4) is 0 Å². The van der Waals surface area contributed by atoms with Gasteiger partial charge in [-0.15, -0.1) is 0 Å². The van der Waals surface area contributed by atoms with Crippen molar-refractivity contribution in [1.29, 1.82) is 0 Å². The lowest BCUT2D eigenvalue weighted by atomic mass is 10.0. The number of benzene rings is 1. The first kappa shape index (κ1) is 23.8. The smallest absolute Gasteiger partial charge is 0.326 e. The number of phenols is 1. The molecule has 2 amide bonds. The van der Waals surface area contributed by atoms with Gasteiger partial charge in [0.2, 0.25) is 11.8 Å². The molecule has 0 aliphatic rings. The summed E-state index contributed by atoms with van der Waals surface area (Å²) in [5.74, 6) is -1.60. The van der Waals surface area contributed by atoms with E-state index in [-0.39, 0.29) is 18.1 Å². The second kappa shape index (κ2) is 11.6. The third kappa shape index (κ3) is 7.77. The van der Waals surface area contributed by atoms with E-state index >= 15 is 0 Å². The van der Waals surface area contributed by atoms with Gasteiger partial charge in [-0.3, -0.25) is 9.59 Å². The molecule has 156 valence electrons. The molecule has 0 fully saturated rings. The summed E-state index contributed by atoms with van der Waals surface area (Å²) in [6, 6.07) is 3.29. The summed E-state index contributed by atoms with van der Waals surface area (Å²) in [4.78, 5) is 36.5. The summed E-state index contributed by atoms with van der Waals surface area (Å²) in [7, 11) is 0. The maximum absolute atomic E-state index is 12.7. The van der Waals surface area contributed by atoms with Crippen molar-refractivity contribution in [3.8, 4) is 5.75 Å². The van der Waals surface area contributed by atoms with Gasteiger partial charge in [-0.05, 0) is 42.0 Å².